The van der Waals surface area contributed by atoms with Crippen molar-refractivity contribution in [2.45, 2.75) is 18.9 Å². The molecule has 2 aromatic rings. The highest BCUT2D eigenvalue weighted by atomic mass is 35.5. The van der Waals surface area contributed by atoms with Crippen molar-refractivity contribution >= 4 is 41.2 Å². The number of para-hydroxylation sites is 1. The summed E-state index contributed by atoms with van der Waals surface area (Å²) >= 11 is 6.29. The maximum Gasteiger partial charge on any atom is 0.329 e. The molecular formula is C23H25ClN4O6. The lowest BCUT2D eigenvalue weighted by Gasteiger charge is -2.13. The highest BCUT2D eigenvalue weighted by Gasteiger charge is 2.19. The molecule has 3 amide bonds. The molecule has 11 heteroatoms. The van der Waals surface area contributed by atoms with Gasteiger partial charge in [-0.25, -0.2) is 5.43 Å². The number of nitrogens with zero attached hydrogens (tertiary/aromatic N) is 1. The Morgan fingerprint density at radius 1 is 1.21 bits per heavy atom. The Kier molecular flexibility index (Phi) is 9.24. The first-order valence-electron chi connectivity index (χ1n) is 10.5. The Hall–Kier alpha value is -3.63. The van der Waals surface area contributed by atoms with Crippen molar-refractivity contribution in [1.29, 1.82) is 0 Å². The molecule has 0 aromatic heterocycles. The molecule has 180 valence electrons. The number of hydrazone groups is 1. The van der Waals surface area contributed by atoms with Crippen molar-refractivity contribution in [2.75, 3.05) is 32.2 Å². The minimum absolute atomic E-state index is 0.0694. The smallest absolute Gasteiger partial charge is 0.329 e. The monoisotopic (exact) mass is 488 g/mol. The number of benzene rings is 2. The normalized spacial score (nSPS) is 15.1. The molecule has 0 saturated carbocycles. The summed E-state index contributed by atoms with van der Waals surface area (Å²) in [6, 6.07) is 12.0. The zero-order chi connectivity index (χ0) is 24.3. The minimum Gasteiger partial charge on any atom is -0.493 e. The second-order valence-corrected chi connectivity index (χ2v) is 7.69. The Morgan fingerprint density at radius 3 is 2.71 bits per heavy atom. The Balaban J connectivity index is 1.52. The first kappa shape index (κ1) is 25.0. The third kappa shape index (κ3) is 7.46. The van der Waals surface area contributed by atoms with E-state index in [9.17, 15) is 14.4 Å². The predicted octanol–water partition coefficient (Wildman–Crippen LogP) is 2.11. The van der Waals surface area contributed by atoms with Gasteiger partial charge in [-0.1, -0.05) is 29.8 Å². The van der Waals surface area contributed by atoms with E-state index in [0.717, 1.165) is 12.8 Å². The Bertz CT molecular complexity index is 1040. The molecule has 1 heterocycles. The number of carbonyl (C=O) groups is 3. The molecule has 0 spiro atoms. The van der Waals surface area contributed by atoms with E-state index in [2.05, 4.69) is 21.2 Å². The van der Waals surface area contributed by atoms with Crippen LogP contribution in [0.4, 0.5) is 5.69 Å². The number of amides is 3. The number of hydrogen-bond donors (Lipinski definition) is 3. The van der Waals surface area contributed by atoms with E-state index in [4.69, 9.17) is 25.8 Å². The second-order valence-electron chi connectivity index (χ2n) is 7.28. The van der Waals surface area contributed by atoms with Gasteiger partial charge in [0, 0.05) is 18.8 Å². The first-order valence-corrected chi connectivity index (χ1v) is 10.9. The maximum atomic E-state index is 12.1. The summed E-state index contributed by atoms with van der Waals surface area (Å²) in [5.41, 5.74) is 3.27. The van der Waals surface area contributed by atoms with Gasteiger partial charge in [-0.15, -0.1) is 0 Å². The van der Waals surface area contributed by atoms with Gasteiger partial charge in [0.15, 0.2) is 18.1 Å². The van der Waals surface area contributed by atoms with Gasteiger partial charge in [0.25, 0.3) is 5.91 Å². The van der Waals surface area contributed by atoms with E-state index < -0.39 is 11.8 Å². The van der Waals surface area contributed by atoms with Gasteiger partial charge < -0.3 is 24.8 Å². The lowest BCUT2D eigenvalue weighted by Crippen LogP contribution is -2.41. The minimum atomic E-state index is -0.906. The summed E-state index contributed by atoms with van der Waals surface area (Å²) in [6.07, 6.45) is 3.01. The van der Waals surface area contributed by atoms with Crippen LogP contribution in [0, 0.1) is 0 Å². The molecule has 1 atom stereocenters. The molecule has 3 N–H and O–H groups in total. The molecule has 1 saturated heterocycles. The van der Waals surface area contributed by atoms with E-state index in [1.165, 1.54) is 19.4 Å². The lowest BCUT2D eigenvalue weighted by molar-refractivity contribution is -0.139. The zero-order valence-corrected chi connectivity index (χ0v) is 19.3. The molecule has 1 aliphatic heterocycles. The Morgan fingerprint density at radius 2 is 2.00 bits per heavy atom. The van der Waals surface area contributed by atoms with Gasteiger partial charge in [-0.05, 0) is 42.7 Å². The molecule has 1 aliphatic rings. The van der Waals surface area contributed by atoms with Crippen LogP contribution in [-0.2, 0) is 19.1 Å². The lowest BCUT2D eigenvalue weighted by atomic mass is 10.2. The quantitative estimate of drug-likeness (QED) is 0.282. The average Bonchev–Trinajstić information content (AvgIpc) is 3.35. The van der Waals surface area contributed by atoms with Crippen molar-refractivity contribution < 1.29 is 28.6 Å². The summed E-state index contributed by atoms with van der Waals surface area (Å²) in [4.78, 5) is 35.8. The molecule has 1 fully saturated rings. The van der Waals surface area contributed by atoms with Gasteiger partial charge in [0.1, 0.15) is 0 Å². The van der Waals surface area contributed by atoms with Crippen LogP contribution >= 0.6 is 11.6 Å². The molecule has 34 heavy (non-hydrogen) atoms. The largest absolute Gasteiger partial charge is 0.493 e. The highest BCUT2D eigenvalue weighted by molar-refractivity contribution is 6.35. The van der Waals surface area contributed by atoms with Gasteiger partial charge in [-0.3, -0.25) is 14.4 Å². The molecule has 0 aliphatic carbocycles. The summed E-state index contributed by atoms with van der Waals surface area (Å²) in [5.74, 6) is -1.63. The average molecular weight is 489 g/mol. The van der Waals surface area contributed by atoms with Crippen molar-refractivity contribution in [2.24, 2.45) is 5.10 Å². The first-order chi connectivity index (χ1) is 16.5. The van der Waals surface area contributed by atoms with E-state index in [0.29, 0.717) is 17.9 Å². The summed E-state index contributed by atoms with van der Waals surface area (Å²) in [5, 5.41) is 9.16. The second kappa shape index (κ2) is 12.6. The van der Waals surface area contributed by atoms with Gasteiger partial charge in [-0.2, -0.15) is 5.10 Å². The fourth-order valence-electron chi connectivity index (χ4n) is 3.12. The maximum absolute atomic E-state index is 12.1. The van der Waals surface area contributed by atoms with Crippen LogP contribution in [0.5, 0.6) is 11.5 Å². The van der Waals surface area contributed by atoms with Crippen LogP contribution in [0.15, 0.2) is 47.6 Å². The Labute approximate surface area is 201 Å². The number of anilines is 1. The van der Waals surface area contributed by atoms with E-state index in [1.54, 1.807) is 30.3 Å². The van der Waals surface area contributed by atoms with Gasteiger partial charge in [0.05, 0.1) is 24.5 Å². The molecule has 10 nitrogen and oxygen atoms in total. The highest BCUT2D eigenvalue weighted by Crippen LogP contribution is 2.36. The molecule has 3 rings (SSSR count). The SMILES string of the molecule is COc1cc(/C=N\NC(=O)C(=O)NC[C@H]2CCCO2)cc(Cl)c1OCC(=O)Nc1ccccc1. The van der Waals surface area contributed by atoms with Crippen LogP contribution in [0.3, 0.4) is 0 Å². The number of carbonyl (C=O) groups excluding carboxylic acids is 3. The predicted molar refractivity (Wildman–Crippen MR) is 126 cm³/mol. The molecule has 0 unspecified atom stereocenters. The topological polar surface area (TPSA) is 127 Å². The number of halogens is 1. The molecule has 0 bridgehead atoms. The van der Waals surface area contributed by atoms with Crippen molar-refractivity contribution in [3.05, 3.63) is 53.1 Å². The van der Waals surface area contributed by atoms with Crippen LogP contribution < -0.4 is 25.5 Å². The number of nitrogens with one attached hydrogen (secondary N) is 3. The van der Waals surface area contributed by atoms with Crippen molar-refractivity contribution in [1.82, 2.24) is 10.7 Å². The summed E-state index contributed by atoms with van der Waals surface area (Å²) < 4.78 is 16.2. The van der Waals surface area contributed by atoms with Crippen molar-refractivity contribution in [3.8, 4) is 11.5 Å². The van der Waals surface area contributed by atoms with Crippen molar-refractivity contribution in [3.63, 3.8) is 0 Å². The zero-order valence-electron chi connectivity index (χ0n) is 18.5. The van der Waals surface area contributed by atoms with E-state index in [1.807, 2.05) is 6.07 Å². The summed E-state index contributed by atoms with van der Waals surface area (Å²) in [7, 11) is 1.42. The third-order valence-electron chi connectivity index (χ3n) is 4.76. The standard InChI is InChI=1S/C23H25ClN4O6/c1-32-19-11-15(12-26-28-23(31)22(30)25-13-17-8-5-9-33-17)10-18(24)21(19)34-14-20(29)27-16-6-3-2-4-7-16/h2-4,6-7,10-12,17H,5,8-9,13-14H2,1H3,(H,25,30)(H,27,29)(H,28,31)/b26-12-/t17-/m1/s1. The summed E-state index contributed by atoms with van der Waals surface area (Å²) in [6.45, 7) is 0.650. The fourth-order valence-corrected chi connectivity index (χ4v) is 3.39. The van der Waals surface area contributed by atoms with Gasteiger partial charge in [0.2, 0.25) is 0 Å². The number of hydrogen-bond acceptors (Lipinski definition) is 7. The van der Waals surface area contributed by atoms with E-state index in [-0.39, 0.29) is 41.7 Å². The van der Waals surface area contributed by atoms with Crippen LogP contribution in [0.2, 0.25) is 5.02 Å². The van der Waals surface area contributed by atoms with E-state index >= 15 is 0 Å². The fraction of sp³-hybridized carbons (Fsp3) is 0.304. The van der Waals surface area contributed by atoms with Crippen LogP contribution in [0.25, 0.3) is 0 Å². The van der Waals surface area contributed by atoms with Crippen LogP contribution in [-0.4, -0.2) is 56.9 Å². The van der Waals surface area contributed by atoms with Gasteiger partial charge >= 0.3 is 11.8 Å². The number of ether oxygens (including phenoxy) is 3. The molecule has 0 radical (unpaired) electrons. The van der Waals surface area contributed by atoms with Crippen LogP contribution in [0.1, 0.15) is 18.4 Å². The molecular weight excluding hydrogens is 464 g/mol. The number of methoxy groups -OCH3 is 1. The molecule has 2 aromatic carbocycles. The third-order valence-corrected chi connectivity index (χ3v) is 5.04. The number of rotatable bonds is 9.